The lowest BCUT2D eigenvalue weighted by molar-refractivity contribution is 0.649. The van der Waals surface area contributed by atoms with Crippen LogP contribution in [0.1, 0.15) is 26.7 Å². The molecule has 10 heavy (non-hydrogen) atoms. The van der Waals surface area contributed by atoms with Crippen molar-refractivity contribution < 1.29 is 0 Å². The van der Waals surface area contributed by atoms with Gasteiger partial charge in [-0.05, 0) is 32.2 Å². The standard InChI is InChI=1S/C9H17N/c1-7(2)4-5-10-9-6-8(9)3/h8-10H,1,4-6H2,2-3H3. The van der Waals surface area contributed by atoms with Crippen molar-refractivity contribution in [2.45, 2.75) is 32.7 Å². The second-order valence-electron chi connectivity index (χ2n) is 3.48. The summed E-state index contributed by atoms with van der Waals surface area (Å²) in [6.45, 7) is 9.34. The van der Waals surface area contributed by atoms with Gasteiger partial charge in [-0.3, -0.25) is 0 Å². The molecule has 0 aromatic heterocycles. The van der Waals surface area contributed by atoms with Gasteiger partial charge >= 0.3 is 0 Å². The molecule has 1 aliphatic rings. The van der Waals surface area contributed by atoms with Gasteiger partial charge in [0.2, 0.25) is 0 Å². The van der Waals surface area contributed by atoms with E-state index in [-0.39, 0.29) is 0 Å². The lowest BCUT2D eigenvalue weighted by Gasteiger charge is -2.01. The van der Waals surface area contributed by atoms with Crippen molar-refractivity contribution in [1.82, 2.24) is 5.32 Å². The summed E-state index contributed by atoms with van der Waals surface area (Å²) in [4.78, 5) is 0. The molecule has 0 heterocycles. The van der Waals surface area contributed by atoms with Crippen molar-refractivity contribution >= 4 is 0 Å². The Balaban J connectivity index is 1.91. The summed E-state index contributed by atoms with van der Waals surface area (Å²) < 4.78 is 0. The van der Waals surface area contributed by atoms with Crippen LogP contribution in [0, 0.1) is 5.92 Å². The van der Waals surface area contributed by atoms with Crippen molar-refractivity contribution in [3.63, 3.8) is 0 Å². The van der Waals surface area contributed by atoms with Crippen molar-refractivity contribution in [3.8, 4) is 0 Å². The third-order valence-corrected chi connectivity index (χ3v) is 2.07. The highest BCUT2D eigenvalue weighted by atomic mass is 15.0. The molecule has 1 heteroatoms. The number of hydrogen-bond donors (Lipinski definition) is 1. The lowest BCUT2D eigenvalue weighted by Crippen LogP contribution is -2.18. The van der Waals surface area contributed by atoms with Gasteiger partial charge in [-0.25, -0.2) is 0 Å². The quantitative estimate of drug-likeness (QED) is 0.587. The molecular weight excluding hydrogens is 122 g/mol. The van der Waals surface area contributed by atoms with E-state index in [4.69, 9.17) is 0 Å². The van der Waals surface area contributed by atoms with Crippen molar-refractivity contribution in [3.05, 3.63) is 12.2 Å². The third-order valence-electron chi connectivity index (χ3n) is 2.07. The van der Waals surface area contributed by atoms with Gasteiger partial charge in [0.1, 0.15) is 0 Å². The first-order valence-corrected chi connectivity index (χ1v) is 4.08. The average molecular weight is 139 g/mol. The van der Waals surface area contributed by atoms with Gasteiger partial charge in [0, 0.05) is 6.04 Å². The second-order valence-corrected chi connectivity index (χ2v) is 3.48. The minimum Gasteiger partial charge on any atom is -0.313 e. The molecule has 0 spiro atoms. The SMILES string of the molecule is C=C(C)CCNC1CC1C. The highest BCUT2D eigenvalue weighted by Gasteiger charge is 2.31. The fraction of sp³-hybridized carbons (Fsp3) is 0.778. The Labute approximate surface area is 63.5 Å². The van der Waals surface area contributed by atoms with Crippen LogP contribution in [0.25, 0.3) is 0 Å². The van der Waals surface area contributed by atoms with E-state index in [9.17, 15) is 0 Å². The van der Waals surface area contributed by atoms with Gasteiger partial charge in [0.15, 0.2) is 0 Å². The molecule has 1 saturated carbocycles. The van der Waals surface area contributed by atoms with Gasteiger partial charge in [0.25, 0.3) is 0 Å². The Morgan fingerprint density at radius 2 is 2.30 bits per heavy atom. The zero-order valence-corrected chi connectivity index (χ0v) is 6.98. The van der Waals surface area contributed by atoms with Crippen molar-refractivity contribution in [2.75, 3.05) is 6.54 Å². The van der Waals surface area contributed by atoms with Gasteiger partial charge in [-0.15, -0.1) is 6.58 Å². The van der Waals surface area contributed by atoms with Crippen LogP contribution in [-0.2, 0) is 0 Å². The molecule has 2 unspecified atom stereocenters. The summed E-state index contributed by atoms with van der Waals surface area (Å²) in [7, 11) is 0. The molecule has 0 aromatic rings. The summed E-state index contributed by atoms with van der Waals surface area (Å²) in [6, 6.07) is 0.819. The van der Waals surface area contributed by atoms with E-state index in [2.05, 4.69) is 25.7 Å². The molecule has 1 fully saturated rings. The number of nitrogens with one attached hydrogen (secondary N) is 1. The maximum atomic E-state index is 3.85. The Morgan fingerprint density at radius 1 is 1.70 bits per heavy atom. The first kappa shape index (κ1) is 7.80. The fourth-order valence-corrected chi connectivity index (χ4v) is 1.08. The molecule has 2 atom stereocenters. The first-order valence-electron chi connectivity index (χ1n) is 4.08. The zero-order chi connectivity index (χ0) is 7.56. The highest BCUT2D eigenvalue weighted by molar-refractivity contribution is 4.93. The van der Waals surface area contributed by atoms with E-state index in [1.54, 1.807) is 0 Å². The molecule has 58 valence electrons. The molecule has 0 aromatic carbocycles. The maximum absolute atomic E-state index is 3.85. The van der Waals surface area contributed by atoms with Crippen LogP contribution in [0.5, 0.6) is 0 Å². The lowest BCUT2D eigenvalue weighted by atomic mass is 10.2. The summed E-state index contributed by atoms with van der Waals surface area (Å²) in [5.74, 6) is 0.921. The highest BCUT2D eigenvalue weighted by Crippen LogP contribution is 2.28. The Bertz CT molecular complexity index is 129. The van der Waals surface area contributed by atoms with Gasteiger partial charge in [-0.2, -0.15) is 0 Å². The summed E-state index contributed by atoms with van der Waals surface area (Å²) >= 11 is 0. The molecule has 1 nitrogen and oxygen atoms in total. The van der Waals surface area contributed by atoms with E-state index in [1.165, 1.54) is 12.0 Å². The van der Waals surface area contributed by atoms with Crippen LogP contribution < -0.4 is 5.32 Å². The molecule has 0 aliphatic heterocycles. The second kappa shape index (κ2) is 3.20. The summed E-state index contributed by atoms with van der Waals surface area (Å²) in [5, 5.41) is 3.48. The first-order chi connectivity index (χ1) is 4.70. The van der Waals surface area contributed by atoms with E-state index < -0.39 is 0 Å². The van der Waals surface area contributed by atoms with Gasteiger partial charge < -0.3 is 5.32 Å². The predicted octanol–water partition coefficient (Wildman–Crippen LogP) is 1.95. The van der Waals surface area contributed by atoms with E-state index in [0.717, 1.165) is 24.9 Å². The molecule has 0 radical (unpaired) electrons. The molecule has 1 rings (SSSR count). The zero-order valence-electron chi connectivity index (χ0n) is 6.98. The van der Waals surface area contributed by atoms with Crippen LogP contribution >= 0.6 is 0 Å². The van der Waals surface area contributed by atoms with E-state index >= 15 is 0 Å². The Kier molecular flexibility index (Phi) is 2.50. The van der Waals surface area contributed by atoms with Crippen LogP contribution in [0.2, 0.25) is 0 Å². The minimum absolute atomic E-state index is 0.819. The van der Waals surface area contributed by atoms with Gasteiger partial charge in [-0.1, -0.05) is 12.5 Å². The summed E-state index contributed by atoms with van der Waals surface area (Å²) in [6.07, 6.45) is 2.50. The van der Waals surface area contributed by atoms with Crippen LogP contribution in [0.3, 0.4) is 0 Å². The molecule has 0 bridgehead atoms. The van der Waals surface area contributed by atoms with Crippen molar-refractivity contribution in [2.24, 2.45) is 5.92 Å². The maximum Gasteiger partial charge on any atom is 0.00965 e. The molecule has 0 saturated heterocycles. The van der Waals surface area contributed by atoms with E-state index in [1.807, 2.05) is 0 Å². The minimum atomic E-state index is 0.819. The molecular formula is C9H17N. The van der Waals surface area contributed by atoms with Crippen molar-refractivity contribution in [1.29, 1.82) is 0 Å². The summed E-state index contributed by atoms with van der Waals surface area (Å²) in [5.41, 5.74) is 1.28. The molecule has 1 N–H and O–H groups in total. The Morgan fingerprint density at radius 3 is 2.70 bits per heavy atom. The number of rotatable bonds is 4. The van der Waals surface area contributed by atoms with Gasteiger partial charge in [0.05, 0.1) is 0 Å². The monoisotopic (exact) mass is 139 g/mol. The van der Waals surface area contributed by atoms with Crippen LogP contribution in [-0.4, -0.2) is 12.6 Å². The molecule has 1 aliphatic carbocycles. The fourth-order valence-electron chi connectivity index (χ4n) is 1.08. The Hall–Kier alpha value is -0.300. The van der Waals surface area contributed by atoms with E-state index in [0.29, 0.717) is 0 Å². The number of hydrogen-bond acceptors (Lipinski definition) is 1. The smallest absolute Gasteiger partial charge is 0.00965 e. The largest absolute Gasteiger partial charge is 0.313 e. The predicted molar refractivity (Wildman–Crippen MR) is 45.0 cm³/mol. The van der Waals surface area contributed by atoms with Crippen LogP contribution in [0.4, 0.5) is 0 Å². The van der Waals surface area contributed by atoms with Crippen LogP contribution in [0.15, 0.2) is 12.2 Å². The third kappa shape index (κ3) is 2.53. The topological polar surface area (TPSA) is 12.0 Å². The average Bonchev–Trinajstić information content (AvgIpc) is 2.46. The molecule has 0 amide bonds. The normalized spacial score (nSPS) is 30.2.